The highest BCUT2D eigenvalue weighted by Crippen LogP contribution is 2.27. The van der Waals surface area contributed by atoms with Gasteiger partial charge in [0.1, 0.15) is 18.2 Å². The molecule has 0 atom stereocenters. The van der Waals surface area contributed by atoms with E-state index < -0.39 is 0 Å². The summed E-state index contributed by atoms with van der Waals surface area (Å²) in [7, 11) is 0. The molecule has 1 fully saturated rings. The normalized spacial score (nSPS) is 15.4. The van der Waals surface area contributed by atoms with E-state index in [1.165, 1.54) is 38.2 Å². The third kappa shape index (κ3) is 4.81. The minimum atomic E-state index is -0.219. The average Bonchev–Trinajstić information content (AvgIpc) is 2.64. The van der Waals surface area contributed by atoms with E-state index in [0.717, 1.165) is 30.3 Å². The molecule has 3 rings (SSSR count). The number of nitrogens with one attached hydrogen (secondary N) is 1. The molecular weight excluding hydrogens is 301 g/mol. The van der Waals surface area contributed by atoms with Gasteiger partial charge in [0.15, 0.2) is 0 Å². The Morgan fingerprint density at radius 3 is 2.58 bits per heavy atom. The van der Waals surface area contributed by atoms with E-state index in [-0.39, 0.29) is 5.82 Å². The molecule has 2 aromatic rings. The first-order chi connectivity index (χ1) is 11.8. The van der Waals surface area contributed by atoms with Crippen LogP contribution >= 0.6 is 0 Å². The maximum atomic E-state index is 14.0. The molecule has 0 bridgehead atoms. The zero-order valence-electron chi connectivity index (χ0n) is 14.1. The Bertz CT molecular complexity index is 623. The van der Waals surface area contributed by atoms with Crippen LogP contribution in [0.3, 0.4) is 0 Å². The van der Waals surface area contributed by atoms with Gasteiger partial charge in [-0.05, 0) is 49.1 Å². The number of hydrogen-bond acceptors (Lipinski definition) is 2. The Labute approximate surface area is 144 Å². The third-order valence-corrected chi connectivity index (χ3v) is 4.73. The van der Waals surface area contributed by atoms with Crippen LogP contribution in [0, 0.1) is 11.7 Å². The molecule has 128 valence electrons. The number of rotatable bonds is 7. The molecule has 1 aliphatic rings. The SMILES string of the molecule is Fc1ccc(OCCNCC2CCCCC2)cc1-c1ccccc1. The summed E-state index contributed by atoms with van der Waals surface area (Å²) >= 11 is 0. The van der Waals surface area contributed by atoms with Gasteiger partial charge in [-0.2, -0.15) is 0 Å². The molecule has 2 nitrogen and oxygen atoms in total. The van der Waals surface area contributed by atoms with Gasteiger partial charge >= 0.3 is 0 Å². The first-order valence-electron chi connectivity index (χ1n) is 9.01. The summed E-state index contributed by atoms with van der Waals surface area (Å²) in [6, 6.07) is 14.5. The zero-order chi connectivity index (χ0) is 16.6. The van der Waals surface area contributed by atoms with Crippen LogP contribution in [-0.4, -0.2) is 19.7 Å². The summed E-state index contributed by atoms with van der Waals surface area (Å²) in [6.45, 7) is 2.52. The van der Waals surface area contributed by atoms with Crippen LogP contribution < -0.4 is 10.1 Å². The van der Waals surface area contributed by atoms with Gasteiger partial charge in [0.05, 0.1) is 0 Å². The Kier molecular flexibility index (Phi) is 6.25. The smallest absolute Gasteiger partial charge is 0.131 e. The van der Waals surface area contributed by atoms with Gasteiger partial charge in [0.25, 0.3) is 0 Å². The lowest BCUT2D eigenvalue weighted by Gasteiger charge is -2.21. The minimum Gasteiger partial charge on any atom is -0.492 e. The van der Waals surface area contributed by atoms with Gasteiger partial charge in [0.2, 0.25) is 0 Å². The summed E-state index contributed by atoms with van der Waals surface area (Å²) in [5.74, 6) is 1.33. The third-order valence-electron chi connectivity index (χ3n) is 4.73. The van der Waals surface area contributed by atoms with Gasteiger partial charge in [-0.25, -0.2) is 4.39 Å². The second kappa shape index (κ2) is 8.84. The molecule has 0 amide bonds. The summed E-state index contributed by atoms with van der Waals surface area (Å²) in [5, 5.41) is 3.48. The minimum absolute atomic E-state index is 0.219. The lowest BCUT2D eigenvalue weighted by atomic mass is 9.89. The van der Waals surface area contributed by atoms with Crippen molar-refractivity contribution in [3.05, 3.63) is 54.3 Å². The monoisotopic (exact) mass is 327 g/mol. The Hall–Kier alpha value is -1.87. The van der Waals surface area contributed by atoms with Crippen molar-refractivity contribution >= 4 is 0 Å². The summed E-state index contributed by atoms with van der Waals surface area (Å²) in [5.41, 5.74) is 1.46. The fourth-order valence-electron chi connectivity index (χ4n) is 3.37. The summed E-state index contributed by atoms with van der Waals surface area (Å²) < 4.78 is 19.8. The lowest BCUT2D eigenvalue weighted by molar-refractivity contribution is 0.294. The lowest BCUT2D eigenvalue weighted by Crippen LogP contribution is -2.28. The van der Waals surface area contributed by atoms with Crippen molar-refractivity contribution in [2.24, 2.45) is 5.92 Å². The quantitative estimate of drug-likeness (QED) is 0.719. The zero-order valence-corrected chi connectivity index (χ0v) is 14.1. The second-order valence-corrected chi connectivity index (χ2v) is 6.56. The largest absolute Gasteiger partial charge is 0.492 e. The molecule has 0 aliphatic heterocycles. The van der Waals surface area contributed by atoms with Crippen molar-refractivity contribution in [2.45, 2.75) is 32.1 Å². The molecule has 3 heteroatoms. The van der Waals surface area contributed by atoms with Crippen molar-refractivity contribution in [1.82, 2.24) is 5.32 Å². The van der Waals surface area contributed by atoms with Gasteiger partial charge < -0.3 is 10.1 Å². The molecule has 0 saturated heterocycles. The van der Waals surface area contributed by atoms with E-state index in [4.69, 9.17) is 4.74 Å². The highest BCUT2D eigenvalue weighted by Gasteiger charge is 2.12. The molecule has 0 unspecified atom stereocenters. The molecule has 0 radical (unpaired) electrons. The van der Waals surface area contributed by atoms with Crippen LogP contribution in [0.2, 0.25) is 0 Å². The maximum Gasteiger partial charge on any atom is 0.131 e. The molecular formula is C21H26FNO. The van der Waals surface area contributed by atoms with Crippen LogP contribution in [0.25, 0.3) is 11.1 Å². The second-order valence-electron chi connectivity index (χ2n) is 6.56. The fourth-order valence-corrected chi connectivity index (χ4v) is 3.37. The number of hydrogen-bond donors (Lipinski definition) is 1. The Morgan fingerprint density at radius 1 is 1.00 bits per heavy atom. The summed E-state index contributed by atoms with van der Waals surface area (Å²) in [4.78, 5) is 0. The number of halogens is 1. The van der Waals surface area contributed by atoms with Crippen LogP contribution in [0.5, 0.6) is 5.75 Å². The Balaban J connectivity index is 1.47. The van der Waals surface area contributed by atoms with Crippen LogP contribution in [0.15, 0.2) is 48.5 Å². The van der Waals surface area contributed by atoms with Crippen molar-refractivity contribution in [3.63, 3.8) is 0 Å². The van der Waals surface area contributed by atoms with E-state index in [2.05, 4.69) is 5.32 Å². The van der Waals surface area contributed by atoms with E-state index >= 15 is 0 Å². The maximum absolute atomic E-state index is 14.0. The molecule has 1 N–H and O–H groups in total. The van der Waals surface area contributed by atoms with Crippen molar-refractivity contribution in [1.29, 1.82) is 0 Å². The standard InChI is InChI=1S/C21H26FNO/c22-21-12-11-19(15-20(21)18-9-5-2-6-10-18)24-14-13-23-16-17-7-3-1-4-8-17/h2,5-6,9-12,15,17,23H,1,3-4,7-8,13-14,16H2. The molecule has 1 aliphatic carbocycles. The van der Waals surface area contributed by atoms with Crippen molar-refractivity contribution in [2.75, 3.05) is 19.7 Å². The van der Waals surface area contributed by atoms with E-state index in [0.29, 0.717) is 12.2 Å². The topological polar surface area (TPSA) is 21.3 Å². The van der Waals surface area contributed by atoms with Crippen molar-refractivity contribution in [3.8, 4) is 16.9 Å². The molecule has 0 aromatic heterocycles. The van der Waals surface area contributed by atoms with Crippen molar-refractivity contribution < 1.29 is 9.13 Å². The van der Waals surface area contributed by atoms with Crippen LogP contribution in [0.1, 0.15) is 32.1 Å². The number of benzene rings is 2. The average molecular weight is 327 g/mol. The fraction of sp³-hybridized carbons (Fsp3) is 0.429. The molecule has 24 heavy (non-hydrogen) atoms. The number of ether oxygens (including phenoxy) is 1. The first kappa shape index (κ1) is 17.0. The van der Waals surface area contributed by atoms with E-state index in [9.17, 15) is 4.39 Å². The molecule has 0 spiro atoms. The van der Waals surface area contributed by atoms with E-state index in [1.807, 2.05) is 30.3 Å². The molecule has 1 saturated carbocycles. The summed E-state index contributed by atoms with van der Waals surface area (Å²) in [6.07, 6.45) is 6.85. The van der Waals surface area contributed by atoms with Gasteiger partial charge in [-0.15, -0.1) is 0 Å². The highest BCUT2D eigenvalue weighted by atomic mass is 19.1. The predicted octanol–water partition coefficient (Wildman–Crippen LogP) is 5.04. The van der Waals surface area contributed by atoms with Crippen LogP contribution in [-0.2, 0) is 0 Å². The van der Waals surface area contributed by atoms with Gasteiger partial charge in [0, 0.05) is 12.1 Å². The van der Waals surface area contributed by atoms with Gasteiger partial charge in [-0.3, -0.25) is 0 Å². The van der Waals surface area contributed by atoms with Gasteiger partial charge in [-0.1, -0.05) is 49.6 Å². The highest BCUT2D eigenvalue weighted by molar-refractivity contribution is 5.65. The molecule has 0 heterocycles. The molecule has 2 aromatic carbocycles. The van der Waals surface area contributed by atoms with Crippen LogP contribution in [0.4, 0.5) is 4.39 Å². The first-order valence-corrected chi connectivity index (χ1v) is 9.01. The van der Waals surface area contributed by atoms with E-state index in [1.54, 1.807) is 12.1 Å². The Morgan fingerprint density at radius 2 is 1.79 bits per heavy atom. The predicted molar refractivity (Wildman–Crippen MR) is 96.8 cm³/mol.